The maximum absolute atomic E-state index is 12.3. The molecule has 17 heavy (non-hydrogen) atoms. The molecular weight excluding hydrogens is 212 g/mol. The van der Waals surface area contributed by atoms with Crippen LogP contribution in [0.25, 0.3) is 0 Å². The number of hydrogen-bond donors (Lipinski definition) is 1. The highest BCUT2D eigenvalue weighted by molar-refractivity contribution is 5.85. The molecule has 0 saturated heterocycles. The van der Waals surface area contributed by atoms with Crippen molar-refractivity contribution in [3.05, 3.63) is 0 Å². The Morgan fingerprint density at radius 2 is 1.76 bits per heavy atom. The summed E-state index contributed by atoms with van der Waals surface area (Å²) in [7, 11) is 3.79. The van der Waals surface area contributed by atoms with E-state index in [-0.39, 0.29) is 5.91 Å². The van der Waals surface area contributed by atoms with Crippen LogP contribution in [0.3, 0.4) is 0 Å². The molecule has 1 fully saturated rings. The van der Waals surface area contributed by atoms with Crippen LogP contribution in [-0.2, 0) is 4.79 Å². The van der Waals surface area contributed by atoms with E-state index in [4.69, 9.17) is 0 Å². The molecule has 0 aromatic heterocycles. The third-order valence-electron chi connectivity index (χ3n) is 4.34. The third kappa shape index (κ3) is 3.44. The van der Waals surface area contributed by atoms with Crippen molar-refractivity contribution in [1.29, 1.82) is 0 Å². The smallest absolute Gasteiger partial charge is 0.242 e. The molecule has 1 rings (SSSR count). The average molecular weight is 240 g/mol. The quantitative estimate of drug-likeness (QED) is 0.821. The molecule has 0 radical (unpaired) electrons. The van der Waals surface area contributed by atoms with Gasteiger partial charge in [-0.2, -0.15) is 0 Å². The van der Waals surface area contributed by atoms with Crippen molar-refractivity contribution in [3.8, 4) is 0 Å². The van der Waals surface area contributed by atoms with Gasteiger partial charge in [-0.3, -0.25) is 4.79 Å². The first-order valence-electron chi connectivity index (χ1n) is 6.66. The molecule has 1 amide bonds. The van der Waals surface area contributed by atoms with Crippen LogP contribution in [0.2, 0.25) is 0 Å². The highest BCUT2D eigenvalue weighted by Gasteiger charge is 2.35. The number of nitrogens with one attached hydrogen (secondary N) is 1. The zero-order valence-electron chi connectivity index (χ0n) is 12.3. The van der Waals surface area contributed by atoms with E-state index in [9.17, 15) is 4.79 Å². The Hall–Kier alpha value is -0.570. The third-order valence-corrected chi connectivity index (χ3v) is 4.34. The van der Waals surface area contributed by atoms with Crippen LogP contribution >= 0.6 is 0 Å². The molecule has 3 nitrogen and oxygen atoms in total. The van der Waals surface area contributed by atoms with E-state index in [1.807, 2.05) is 32.8 Å². The van der Waals surface area contributed by atoms with Crippen molar-refractivity contribution >= 4 is 5.91 Å². The van der Waals surface area contributed by atoms with Gasteiger partial charge in [-0.05, 0) is 52.0 Å². The molecule has 1 N–H and O–H groups in total. The van der Waals surface area contributed by atoms with Crippen LogP contribution in [-0.4, -0.2) is 36.5 Å². The molecule has 0 aliphatic heterocycles. The minimum Gasteiger partial charge on any atom is -0.341 e. The molecular formula is C14H28N2O. The Bertz CT molecular complexity index is 274. The normalized spacial score (nSPS) is 21.3. The lowest BCUT2D eigenvalue weighted by Crippen LogP contribution is -2.54. The van der Waals surface area contributed by atoms with Gasteiger partial charge in [0.15, 0.2) is 0 Å². The number of carbonyl (C=O) groups is 1. The van der Waals surface area contributed by atoms with Crippen molar-refractivity contribution in [2.24, 2.45) is 5.41 Å². The second-order valence-corrected chi connectivity index (χ2v) is 6.69. The summed E-state index contributed by atoms with van der Waals surface area (Å²) >= 11 is 0. The number of rotatable bonds is 3. The fraction of sp³-hybridized carbons (Fsp3) is 0.929. The molecule has 0 heterocycles. The number of amides is 1. The van der Waals surface area contributed by atoms with Crippen LogP contribution < -0.4 is 5.32 Å². The lowest BCUT2D eigenvalue weighted by atomic mass is 9.75. The molecule has 0 unspecified atom stereocenters. The van der Waals surface area contributed by atoms with Gasteiger partial charge in [0.05, 0.1) is 5.54 Å². The maximum Gasteiger partial charge on any atom is 0.242 e. The number of nitrogens with zero attached hydrogens (tertiary/aromatic N) is 1. The van der Waals surface area contributed by atoms with Gasteiger partial charge in [-0.1, -0.05) is 13.8 Å². The van der Waals surface area contributed by atoms with Crippen molar-refractivity contribution in [1.82, 2.24) is 10.2 Å². The molecule has 0 spiro atoms. The first-order valence-corrected chi connectivity index (χ1v) is 6.66. The molecule has 0 aromatic carbocycles. The van der Waals surface area contributed by atoms with Crippen LogP contribution in [0.4, 0.5) is 0 Å². The highest BCUT2D eigenvalue weighted by atomic mass is 16.2. The molecule has 0 aromatic rings. The lowest BCUT2D eigenvalue weighted by Gasteiger charge is -2.41. The largest absolute Gasteiger partial charge is 0.341 e. The standard InChI is InChI=1S/C14H28N2O/c1-13(2)9-7-11(8-10-13)16(6)12(17)14(3,4)15-5/h11,15H,7-10H2,1-6H3. The molecule has 1 saturated carbocycles. The summed E-state index contributed by atoms with van der Waals surface area (Å²) in [6.45, 7) is 8.53. The molecule has 1 aliphatic carbocycles. The summed E-state index contributed by atoms with van der Waals surface area (Å²) < 4.78 is 0. The molecule has 1 aliphatic rings. The highest BCUT2D eigenvalue weighted by Crippen LogP contribution is 2.36. The Morgan fingerprint density at radius 3 is 2.18 bits per heavy atom. The fourth-order valence-corrected chi connectivity index (χ4v) is 2.48. The average Bonchev–Trinajstić information content (AvgIpc) is 2.27. The predicted molar refractivity (Wildman–Crippen MR) is 71.9 cm³/mol. The summed E-state index contributed by atoms with van der Waals surface area (Å²) in [6.07, 6.45) is 4.70. The van der Waals surface area contributed by atoms with Gasteiger partial charge in [-0.15, -0.1) is 0 Å². The van der Waals surface area contributed by atoms with Gasteiger partial charge in [0, 0.05) is 13.1 Å². The van der Waals surface area contributed by atoms with E-state index in [1.165, 1.54) is 12.8 Å². The predicted octanol–water partition coefficient (Wildman–Crippen LogP) is 2.41. The van der Waals surface area contributed by atoms with E-state index in [2.05, 4.69) is 19.2 Å². The Kier molecular flexibility index (Phi) is 4.23. The second kappa shape index (κ2) is 4.97. The van der Waals surface area contributed by atoms with E-state index in [1.54, 1.807) is 0 Å². The Morgan fingerprint density at radius 1 is 1.29 bits per heavy atom. The van der Waals surface area contributed by atoms with Gasteiger partial charge in [0.1, 0.15) is 0 Å². The zero-order chi connectivity index (χ0) is 13.3. The van der Waals surface area contributed by atoms with Crippen molar-refractivity contribution in [2.45, 2.75) is 65.0 Å². The van der Waals surface area contributed by atoms with Crippen molar-refractivity contribution in [3.63, 3.8) is 0 Å². The number of carbonyl (C=O) groups excluding carboxylic acids is 1. The van der Waals surface area contributed by atoms with Crippen LogP contribution in [0.5, 0.6) is 0 Å². The molecule has 0 bridgehead atoms. The van der Waals surface area contributed by atoms with Crippen molar-refractivity contribution < 1.29 is 4.79 Å². The van der Waals surface area contributed by atoms with Gasteiger partial charge in [-0.25, -0.2) is 0 Å². The van der Waals surface area contributed by atoms with Gasteiger partial charge in [0.25, 0.3) is 0 Å². The van der Waals surface area contributed by atoms with Crippen LogP contribution in [0.1, 0.15) is 53.4 Å². The summed E-state index contributed by atoms with van der Waals surface area (Å²) in [5, 5.41) is 3.09. The maximum atomic E-state index is 12.3. The number of likely N-dealkylation sites (N-methyl/N-ethyl adjacent to an activating group) is 2. The number of hydrogen-bond acceptors (Lipinski definition) is 2. The summed E-state index contributed by atoms with van der Waals surface area (Å²) in [5.74, 6) is 0.199. The Labute approximate surface area is 106 Å². The van der Waals surface area contributed by atoms with E-state index in [0.29, 0.717) is 11.5 Å². The van der Waals surface area contributed by atoms with Gasteiger partial charge in [0.2, 0.25) is 5.91 Å². The zero-order valence-corrected chi connectivity index (χ0v) is 12.3. The van der Waals surface area contributed by atoms with E-state index >= 15 is 0 Å². The first kappa shape index (κ1) is 14.5. The Balaban J connectivity index is 2.60. The molecule has 0 atom stereocenters. The van der Waals surface area contributed by atoms with E-state index < -0.39 is 5.54 Å². The monoisotopic (exact) mass is 240 g/mol. The minimum absolute atomic E-state index is 0.199. The van der Waals surface area contributed by atoms with Crippen molar-refractivity contribution in [2.75, 3.05) is 14.1 Å². The lowest BCUT2D eigenvalue weighted by molar-refractivity contribution is -0.138. The SMILES string of the molecule is CNC(C)(C)C(=O)N(C)C1CCC(C)(C)CC1. The summed E-state index contributed by atoms with van der Waals surface area (Å²) in [6, 6.07) is 0.420. The van der Waals surface area contributed by atoms with Crippen LogP contribution in [0, 0.1) is 5.41 Å². The summed E-state index contributed by atoms with van der Waals surface area (Å²) in [5.41, 5.74) is 0.000622. The fourth-order valence-electron chi connectivity index (χ4n) is 2.48. The molecule has 3 heteroatoms. The van der Waals surface area contributed by atoms with Gasteiger partial charge >= 0.3 is 0 Å². The van der Waals surface area contributed by atoms with Gasteiger partial charge < -0.3 is 10.2 Å². The van der Waals surface area contributed by atoms with E-state index in [0.717, 1.165) is 12.8 Å². The second-order valence-electron chi connectivity index (χ2n) is 6.69. The topological polar surface area (TPSA) is 32.3 Å². The first-order chi connectivity index (χ1) is 7.69. The minimum atomic E-state index is -0.457. The molecule has 100 valence electrons. The van der Waals surface area contributed by atoms with Crippen LogP contribution in [0.15, 0.2) is 0 Å². The summed E-state index contributed by atoms with van der Waals surface area (Å²) in [4.78, 5) is 14.3.